The van der Waals surface area contributed by atoms with E-state index in [2.05, 4.69) is 46.0 Å². The molecule has 0 atom stereocenters. The van der Waals surface area contributed by atoms with Gasteiger partial charge in [-0.05, 0) is 55.0 Å². The van der Waals surface area contributed by atoms with E-state index in [-0.39, 0.29) is 0 Å². The largest absolute Gasteiger partial charge is 0.357 e. The lowest BCUT2D eigenvalue weighted by Gasteiger charge is -2.11. The number of aliphatic imine (C=N–C) groups is 1. The second-order valence-electron chi connectivity index (χ2n) is 6.55. The van der Waals surface area contributed by atoms with E-state index >= 15 is 0 Å². The smallest absolute Gasteiger partial charge is 0.191 e. The molecule has 26 heavy (non-hydrogen) atoms. The fourth-order valence-corrected chi connectivity index (χ4v) is 3.41. The quantitative estimate of drug-likeness (QED) is 0.549. The van der Waals surface area contributed by atoms with Crippen LogP contribution in [0.5, 0.6) is 0 Å². The zero-order valence-corrected chi connectivity index (χ0v) is 15.1. The van der Waals surface area contributed by atoms with Gasteiger partial charge in [-0.2, -0.15) is 0 Å². The summed E-state index contributed by atoms with van der Waals surface area (Å²) in [6.45, 7) is 4.13. The van der Waals surface area contributed by atoms with Gasteiger partial charge in [0.15, 0.2) is 17.4 Å². The Morgan fingerprint density at radius 1 is 1.12 bits per heavy atom. The first-order valence-corrected chi connectivity index (χ1v) is 9.25. The first-order chi connectivity index (χ1) is 12.8. The van der Waals surface area contributed by atoms with Crippen LogP contribution in [0.25, 0.3) is 5.65 Å². The standard InChI is InChI=1S/C20H24N6/c1-2-21-20(22-13-15-9-10-16-6-5-7-17(16)12-15)23-14-19-25-24-18-8-3-4-11-26(18)19/h3-4,8-12H,2,5-7,13-14H2,1H3,(H2,21,22,23). The van der Waals surface area contributed by atoms with Gasteiger partial charge in [0.05, 0.1) is 13.1 Å². The van der Waals surface area contributed by atoms with Gasteiger partial charge in [0.25, 0.3) is 0 Å². The number of guanidine groups is 1. The summed E-state index contributed by atoms with van der Waals surface area (Å²) in [5, 5.41) is 15.1. The molecule has 0 radical (unpaired) electrons. The molecule has 0 saturated carbocycles. The van der Waals surface area contributed by atoms with E-state index in [9.17, 15) is 0 Å². The lowest BCUT2D eigenvalue weighted by molar-refractivity contribution is 0.765. The summed E-state index contributed by atoms with van der Waals surface area (Å²) >= 11 is 0. The molecule has 0 aliphatic heterocycles. The van der Waals surface area contributed by atoms with Gasteiger partial charge in [0.2, 0.25) is 0 Å². The van der Waals surface area contributed by atoms with Crippen molar-refractivity contribution in [2.45, 2.75) is 39.3 Å². The average molecular weight is 348 g/mol. The Morgan fingerprint density at radius 2 is 2.04 bits per heavy atom. The van der Waals surface area contributed by atoms with E-state index in [1.165, 1.54) is 36.0 Å². The number of pyridine rings is 1. The SMILES string of the molecule is CCNC(=NCc1ccc2c(c1)CCC2)NCc1nnc2ccccn12. The zero-order chi connectivity index (χ0) is 17.8. The highest BCUT2D eigenvalue weighted by Crippen LogP contribution is 2.23. The monoisotopic (exact) mass is 348 g/mol. The molecular weight excluding hydrogens is 324 g/mol. The van der Waals surface area contributed by atoms with Gasteiger partial charge in [-0.25, -0.2) is 4.99 Å². The van der Waals surface area contributed by atoms with Gasteiger partial charge in [-0.1, -0.05) is 24.3 Å². The normalized spacial score (nSPS) is 13.8. The highest BCUT2D eigenvalue weighted by atomic mass is 15.3. The van der Waals surface area contributed by atoms with Crippen LogP contribution in [-0.4, -0.2) is 27.1 Å². The van der Waals surface area contributed by atoms with Gasteiger partial charge in [0, 0.05) is 12.7 Å². The van der Waals surface area contributed by atoms with E-state index in [4.69, 9.17) is 4.99 Å². The minimum absolute atomic E-state index is 0.571. The van der Waals surface area contributed by atoms with Crippen LogP contribution in [-0.2, 0) is 25.9 Å². The first kappa shape index (κ1) is 16.6. The number of hydrogen-bond acceptors (Lipinski definition) is 3. The Kier molecular flexibility index (Phi) is 4.82. The Balaban J connectivity index is 1.44. The van der Waals surface area contributed by atoms with Crippen LogP contribution >= 0.6 is 0 Å². The van der Waals surface area contributed by atoms with Crippen LogP contribution in [0.4, 0.5) is 0 Å². The molecule has 0 bridgehead atoms. The molecule has 0 fully saturated rings. The van der Waals surface area contributed by atoms with Crippen molar-refractivity contribution in [2.75, 3.05) is 6.54 Å². The molecule has 0 unspecified atom stereocenters. The number of rotatable bonds is 5. The Morgan fingerprint density at radius 3 is 2.96 bits per heavy atom. The lowest BCUT2D eigenvalue weighted by Crippen LogP contribution is -2.37. The lowest BCUT2D eigenvalue weighted by atomic mass is 10.1. The van der Waals surface area contributed by atoms with Gasteiger partial charge < -0.3 is 10.6 Å². The van der Waals surface area contributed by atoms with Crippen molar-refractivity contribution in [3.05, 3.63) is 65.1 Å². The molecule has 0 saturated heterocycles. The van der Waals surface area contributed by atoms with E-state index in [0.717, 1.165) is 24.0 Å². The van der Waals surface area contributed by atoms with Crippen LogP contribution in [0.1, 0.15) is 35.9 Å². The van der Waals surface area contributed by atoms with E-state index in [0.29, 0.717) is 13.1 Å². The number of nitrogens with zero attached hydrogens (tertiary/aromatic N) is 4. The molecule has 6 nitrogen and oxygen atoms in total. The van der Waals surface area contributed by atoms with Crippen molar-refractivity contribution < 1.29 is 0 Å². The number of fused-ring (bicyclic) bond motifs is 2. The molecule has 2 heterocycles. The van der Waals surface area contributed by atoms with Gasteiger partial charge >= 0.3 is 0 Å². The second-order valence-corrected chi connectivity index (χ2v) is 6.55. The summed E-state index contributed by atoms with van der Waals surface area (Å²) in [5.41, 5.74) is 5.10. The molecule has 134 valence electrons. The van der Waals surface area contributed by atoms with Crippen molar-refractivity contribution in [1.29, 1.82) is 0 Å². The first-order valence-electron chi connectivity index (χ1n) is 9.25. The summed E-state index contributed by atoms with van der Waals surface area (Å²) in [6, 6.07) is 12.7. The van der Waals surface area contributed by atoms with Gasteiger partial charge in [-0.3, -0.25) is 4.40 Å². The number of hydrogen-bond donors (Lipinski definition) is 2. The molecule has 4 rings (SSSR count). The summed E-state index contributed by atoms with van der Waals surface area (Å²) < 4.78 is 1.98. The van der Waals surface area contributed by atoms with E-state index in [1.807, 2.05) is 28.8 Å². The predicted octanol–water partition coefficient (Wildman–Crippen LogP) is 2.47. The molecule has 1 aromatic carbocycles. The molecule has 2 aromatic heterocycles. The molecule has 0 spiro atoms. The van der Waals surface area contributed by atoms with Crippen molar-refractivity contribution in [3.63, 3.8) is 0 Å². The molecule has 2 N–H and O–H groups in total. The number of aromatic nitrogens is 3. The predicted molar refractivity (Wildman–Crippen MR) is 103 cm³/mol. The minimum Gasteiger partial charge on any atom is -0.357 e. The van der Waals surface area contributed by atoms with Crippen molar-refractivity contribution in [1.82, 2.24) is 25.2 Å². The minimum atomic E-state index is 0.571. The Hall–Kier alpha value is -2.89. The molecule has 1 aliphatic rings. The van der Waals surface area contributed by atoms with Gasteiger partial charge in [0.1, 0.15) is 0 Å². The molecule has 3 aromatic rings. The van der Waals surface area contributed by atoms with Crippen LogP contribution in [0.15, 0.2) is 47.6 Å². The third-order valence-corrected chi connectivity index (χ3v) is 4.73. The van der Waals surface area contributed by atoms with Crippen LogP contribution in [0, 0.1) is 0 Å². The topological polar surface area (TPSA) is 66.6 Å². The third kappa shape index (κ3) is 3.54. The maximum absolute atomic E-state index is 4.73. The summed E-state index contributed by atoms with van der Waals surface area (Å²) in [6.07, 6.45) is 5.67. The number of aryl methyl sites for hydroxylation is 2. The second kappa shape index (κ2) is 7.56. The highest BCUT2D eigenvalue weighted by molar-refractivity contribution is 5.79. The van der Waals surface area contributed by atoms with Crippen LogP contribution in [0.3, 0.4) is 0 Å². The highest BCUT2D eigenvalue weighted by Gasteiger charge is 2.11. The van der Waals surface area contributed by atoms with E-state index < -0.39 is 0 Å². The molecule has 6 heteroatoms. The average Bonchev–Trinajstić information content (AvgIpc) is 3.30. The summed E-state index contributed by atoms with van der Waals surface area (Å²) in [5.74, 6) is 1.66. The maximum atomic E-state index is 4.73. The Labute approximate surface area is 153 Å². The van der Waals surface area contributed by atoms with Crippen LogP contribution in [0.2, 0.25) is 0 Å². The number of benzene rings is 1. The number of nitrogens with one attached hydrogen (secondary N) is 2. The molecule has 0 amide bonds. The van der Waals surface area contributed by atoms with Crippen molar-refractivity contribution in [2.24, 2.45) is 4.99 Å². The van der Waals surface area contributed by atoms with E-state index in [1.54, 1.807) is 0 Å². The van der Waals surface area contributed by atoms with Crippen molar-refractivity contribution >= 4 is 11.6 Å². The zero-order valence-electron chi connectivity index (χ0n) is 15.1. The Bertz CT molecular complexity index is 927. The molecule has 1 aliphatic carbocycles. The summed E-state index contributed by atoms with van der Waals surface area (Å²) in [7, 11) is 0. The fraction of sp³-hybridized carbons (Fsp3) is 0.350. The van der Waals surface area contributed by atoms with Gasteiger partial charge in [-0.15, -0.1) is 10.2 Å². The molecular formula is C20H24N6. The third-order valence-electron chi connectivity index (χ3n) is 4.73. The van der Waals surface area contributed by atoms with Crippen molar-refractivity contribution in [3.8, 4) is 0 Å². The maximum Gasteiger partial charge on any atom is 0.191 e. The summed E-state index contributed by atoms with van der Waals surface area (Å²) in [4.78, 5) is 4.73. The van der Waals surface area contributed by atoms with Crippen LogP contribution < -0.4 is 10.6 Å². The fourth-order valence-electron chi connectivity index (χ4n) is 3.41.